The number of ether oxygens (including phenoxy) is 4. The molecule has 0 aliphatic rings. The first-order valence-electron chi connectivity index (χ1n) is 15.0. The van der Waals surface area contributed by atoms with Crippen molar-refractivity contribution in [1.29, 1.82) is 0 Å². The van der Waals surface area contributed by atoms with E-state index in [0.29, 0.717) is 83.7 Å². The van der Waals surface area contributed by atoms with E-state index in [9.17, 15) is 9.59 Å². The molecule has 6 N–H and O–H groups in total. The fourth-order valence-corrected chi connectivity index (χ4v) is 5.47. The minimum absolute atomic E-state index is 0.118. The number of halogens is 2. The second-order valence-electron chi connectivity index (χ2n) is 10.5. The maximum absolute atomic E-state index is 10.8. The van der Waals surface area contributed by atoms with Crippen LogP contribution >= 0.6 is 23.2 Å². The number of hydrogen-bond donors (Lipinski definition) is 4. The molecule has 12 nitrogen and oxygen atoms in total. The van der Waals surface area contributed by atoms with Crippen LogP contribution in [-0.4, -0.2) is 75.5 Å². The monoisotopic (exact) mass is 696 g/mol. The fraction of sp³-hybridized carbons (Fsp3) is 0.294. The van der Waals surface area contributed by atoms with E-state index in [4.69, 9.17) is 63.6 Å². The summed E-state index contributed by atoms with van der Waals surface area (Å²) >= 11 is 14.1. The van der Waals surface area contributed by atoms with E-state index >= 15 is 0 Å². The molecule has 0 atom stereocenters. The quantitative estimate of drug-likeness (QED) is 0.105. The van der Waals surface area contributed by atoms with Gasteiger partial charge in [0.15, 0.2) is 0 Å². The van der Waals surface area contributed by atoms with E-state index in [0.717, 1.165) is 22.3 Å². The summed E-state index contributed by atoms with van der Waals surface area (Å²) in [7, 11) is 3.12. The summed E-state index contributed by atoms with van der Waals surface area (Å²) in [4.78, 5) is 31.1. The molecule has 2 heterocycles. The number of carbonyl (C=O) groups is 2. The Kier molecular flexibility index (Phi) is 13.9. The van der Waals surface area contributed by atoms with Crippen LogP contribution in [-0.2, 0) is 32.2 Å². The second-order valence-corrected chi connectivity index (χ2v) is 11.2. The third-order valence-electron chi connectivity index (χ3n) is 7.07. The molecule has 2 aromatic carbocycles. The van der Waals surface area contributed by atoms with E-state index in [1.54, 1.807) is 14.2 Å². The smallest absolute Gasteiger partial charge is 0.243 e. The predicted molar refractivity (Wildman–Crippen MR) is 185 cm³/mol. The molecule has 2 aromatic heterocycles. The van der Waals surface area contributed by atoms with E-state index in [1.165, 1.54) is 0 Å². The third kappa shape index (κ3) is 9.86. The molecule has 4 aromatic rings. The zero-order chi connectivity index (χ0) is 34.5. The zero-order valence-corrected chi connectivity index (χ0v) is 28.2. The Balaban J connectivity index is 1.52. The van der Waals surface area contributed by atoms with Crippen LogP contribution in [0.5, 0.6) is 11.8 Å². The lowest BCUT2D eigenvalue weighted by atomic mass is 9.98. The van der Waals surface area contributed by atoms with Gasteiger partial charge in [-0.25, -0.2) is 9.97 Å². The molecule has 0 bridgehead atoms. The number of rotatable bonds is 19. The largest absolute Gasteiger partial charge is 0.481 e. The molecule has 0 spiro atoms. The maximum Gasteiger partial charge on any atom is 0.243 e. The molecule has 0 saturated heterocycles. The Bertz CT molecular complexity index is 1600. The predicted octanol–water partition coefficient (Wildman–Crippen LogP) is 3.98. The molecule has 0 fully saturated rings. The number of hydrogen-bond acceptors (Lipinski definition) is 10. The van der Waals surface area contributed by atoms with Crippen LogP contribution in [0.2, 0.25) is 10.0 Å². The van der Waals surface area contributed by atoms with Gasteiger partial charge in [-0.05, 0) is 12.1 Å². The van der Waals surface area contributed by atoms with Gasteiger partial charge in [-0.2, -0.15) is 0 Å². The van der Waals surface area contributed by atoms with Crippen molar-refractivity contribution < 1.29 is 28.5 Å². The molecule has 14 heteroatoms. The Morgan fingerprint density at radius 3 is 1.42 bits per heavy atom. The number of primary amides is 2. The molecule has 0 aliphatic carbocycles. The molecular formula is C34H38Cl2N6O6. The van der Waals surface area contributed by atoms with Crippen molar-refractivity contribution in [3.63, 3.8) is 0 Å². The second kappa shape index (κ2) is 18.3. The Labute approximate surface area is 289 Å². The number of methoxy groups -OCH3 is 2. The van der Waals surface area contributed by atoms with Crippen molar-refractivity contribution in [1.82, 2.24) is 20.6 Å². The van der Waals surface area contributed by atoms with Gasteiger partial charge in [0.2, 0.25) is 23.6 Å². The van der Waals surface area contributed by atoms with Gasteiger partial charge in [0, 0.05) is 59.6 Å². The third-order valence-corrected chi connectivity index (χ3v) is 7.88. The van der Waals surface area contributed by atoms with Gasteiger partial charge in [-0.1, -0.05) is 71.7 Å². The lowest BCUT2D eigenvalue weighted by Crippen LogP contribution is -2.24. The summed E-state index contributed by atoms with van der Waals surface area (Å²) in [6, 6.07) is 19.0. The van der Waals surface area contributed by atoms with E-state index in [2.05, 4.69) is 10.6 Å². The lowest BCUT2D eigenvalue weighted by molar-refractivity contribution is -0.123. The normalized spacial score (nSPS) is 11.0. The summed E-state index contributed by atoms with van der Waals surface area (Å²) in [5, 5.41) is 7.43. The van der Waals surface area contributed by atoms with Gasteiger partial charge in [-0.15, -0.1) is 0 Å². The highest BCUT2D eigenvalue weighted by Crippen LogP contribution is 2.42. The van der Waals surface area contributed by atoms with Gasteiger partial charge in [0.05, 0.1) is 48.9 Å². The van der Waals surface area contributed by atoms with E-state index < -0.39 is 11.8 Å². The van der Waals surface area contributed by atoms with Crippen molar-refractivity contribution in [2.24, 2.45) is 11.5 Å². The highest BCUT2D eigenvalue weighted by atomic mass is 35.5. The van der Waals surface area contributed by atoms with Crippen molar-refractivity contribution >= 4 is 35.0 Å². The average Bonchev–Trinajstić information content (AvgIpc) is 3.08. The molecule has 254 valence electrons. The van der Waals surface area contributed by atoms with Gasteiger partial charge < -0.3 is 41.0 Å². The average molecular weight is 698 g/mol. The van der Waals surface area contributed by atoms with Gasteiger partial charge >= 0.3 is 0 Å². The SMILES string of the molecule is COc1nc(-c2cccc(-c3cccc(-c4ccc(CNCCOCC(N)=O)c(OC)n4)c3Cl)c2Cl)ccc1CNCCOCC(N)=O. The minimum Gasteiger partial charge on any atom is -0.481 e. The number of nitrogens with zero attached hydrogens (tertiary/aromatic N) is 2. The van der Waals surface area contributed by atoms with Crippen LogP contribution in [0.1, 0.15) is 11.1 Å². The van der Waals surface area contributed by atoms with E-state index in [-0.39, 0.29) is 13.2 Å². The Hall–Kier alpha value is -4.30. The fourth-order valence-electron chi connectivity index (χ4n) is 4.82. The summed E-state index contributed by atoms with van der Waals surface area (Å²) in [6.45, 7) is 2.45. The van der Waals surface area contributed by atoms with Crippen molar-refractivity contribution in [3.05, 3.63) is 81.8 Å². The zero-order valence-electron chi connectivity index (χ0n) is 26.7. The molecule has 4 rings (SSSR count). The van der Waals surface area contributed by atoms with Gasteiger partial charge in [0.25, 0.3) is 0 Å². The number of carbonyl (C=O) groups excluding carboxylic acids is 2. The van der Waals surface area contributed by atoms with Crippen LogP contribution in [0.25, 0.3) is 33.6 Å². The molecule has 0 unspecified atom stereocenters. The van der Waals surface area contributed by atoms with Gasteiger partial charge in [0.1, 0.15) is 13.2 Å². The topological polar surface area (TPSA) is 173 Å². The standard InChI is InChI=1S/C34H38Cl2N6O6/c1-45-33-21(17-39-13-15-47-19-29(37)43)9-11-27(41-33)25-7-3-5-23(31(25)35)24-6-4-8-26(32(24)36)28-12-10-22(34(42-28)46-2)18-40-14-16-48-20-30(38)44/h3-12,39-40H,13-20H2,1-2H3,(H2,37,43)(H2,38,44). The molecule has 2 amide bonds. The van der Waals surface area contributed by atoms with Crippen LogP contribution in [0.15, 0.2) is 60.7 Å². The molecular weight excluding hydrogens is 659 g/mol. The first kappa shape index (κ1) is 36.5. The summed E-state index contributed by atoms with van der Waals surface area (Å²) < 4.78 is 21.5. The van der Waals surface area contributed by atoms with Crippen LogP contribution in [0.3, 0.4) is 0 Å². The highest BCUT2D eigenvalue weighted by molar-refractivity contribution is 6.39. The summed E-state index contributed by atoms with van der Waals surface area (Å²) in [5.74, 6) is -0.111. The number of nitrogens with one attached hydrogen (secondary N) is 2. The summed E-state index contributed by atoms with van der Waals surface area (Å²) in [5.41, 5.74) is 16.0. The Morgan fingerprint density at radius 2 is 1.04 bits per heavy atom. The number of aromatic nitrogens is 2. The lowest BCUT2D eigenvalue weighted by Gasteiger charge is -2.15. The van der Waals surface area contributed by atoms with Crippen molar-refractivity contribution in [2.45, 2.75) is 13.1 Å². The summed E-state index contributed by atoms with van der Waals surface area (Å²) in [6.07, 6.45) is 0. The van der Waals surface area contributed by atoms with Gasteiger partial charge in [-0.3, -0.25) is 9.59 Å². The first-order chi connectivity index (χ1) is 23.2. The molecule has 0 aliphatic heterocycles. The highest BCUT2D eigenvalue weighted by Gasteiger charge is 2.18. The number of amides is 2. The maximum atomic E-state index is 10.8. The first-order valence-corrected chi connectivity index (χ1v) is 15.8. The van der Waals surface area contributed by atoms with Crippen LogP contribution in [0.4, 0.5) is 0 Å². The Morgan fingerprint density at radius 1 is 0.646 bits per heavy atom. The van der Waals surface area contributed by atoms with Crippen molar-refractivity contribution in [3.8, 4) is 45.4 Å². The number of pyridine rings is 2. The number of benzene rings is 2. The molecule has 0 radical (unpaired) electrons. The van der Waals surface area contributed by atoms with Crippen LogP contribution < -0.4 is 31.6 Å². The number of nitrogens with two attached hydrogens (primary N) is 2. The molecule has 48 heavy (non-hydrogen) atoms. The van der Waals surface area contributed by atoms with Crippen molar-refractivity contribution in [2.75, 3.05) is 53.7 Å². The van der Waals surface area contributed by atoms with Crippen LogP contribution in [0, 0.1) is 0 Å². The molecule has 0 saturated carbocycles. The minimum atomic E-state index is -0.509. The van der Waals surface area contributed by atoms with E-state index in [1.807, 2.05) is 60.7 Å².